The van der Waals surface area contributed by atoms with Crippen LogP contribution in [0, 0.1) is 0 Å². The van der Waals surface area contributed by atoms with Crippen molar-refractivity contribution in [1.82, 2.24) is 5.32 Å². The largest absolute Gasteiger partial charge is 0.394 e. The average molecular weight is 351 g/mol. The number of nitrogens with two attached hydrogens (primary N) is 1. The quantitative estimate of drug-likeness (QED) is 0.711. The van der Waals surface area contributed by atoms with E-state index < -0.39 is 17.9 Å². The number of nitrogens with one attached hydrogen (secondary N) is 2. The first-order chi connectivity index (χ1) is 11.5. The Morgan fingerprint density at radius 3 is 2.64 bits per heavy atom. The normalized spacial score (nSPS) is 21.6. The van der Waals surface area contributed by atoms with E-state index in [-0.39, 0.29) is 16.9 Å². The van der Waals surface area contributed by atoms with Crippen molar-refractivity contribution in [1.29, 1.82) is 0 Å². The number of alkyl halides is 2. The Balaban J connectivity index is 2.39. The first kappa shape index (κ1) is 19.4. The molecular weight excluding hydrogens is 324 g/mol. The van der Waals surface area contributed by atoms with Crippen molar-refractivity contribution in [2.24, 2.45) is 5.73 Å². The van der Waals surface area contributed by atoms with Gasteiger partial charge in [0.2, 0.25) is 0 Å². The Hall–Kier alpha value is -1.95. The van der Waals surface area contributed by atoms with Crippen LogP contribution in [0.4, 0.5) is 14.5 Å². The number of fused-ring (bicyclic) bond motifs is 1. The second-order valence-corrected chi connectivity index (χ2v) is 7.64. The number of amides is 1. The first-order valence-electron chi connectivity index (χ1n) is 8.42. The van der Waals surface area contributed by atoms with E-state index in [0.717, 1.165) is 18.9 Å². The van der Waals surface area contributed by atoms with Gasteiger partial charge >= 0.3 is 0 Å². The Kier molecular flexibility index (Phi) is 5.23. The van der Waals surface area contributed by atoms with E-state index in [9.17, 15) is 13.6 Å². The minimum atomic E-state index is -2.86. The molecule has 4 nitrogen and oxygen atoms in total. The fourth-order valence-electron chi connectivity index (χ4n) is 3.69. The summed E-state index contributed by atoms with van der Waals surface area (Å²) in [5.74, 6) is -0.345. The molecule has 138 valence electrons. The standard InChI is InChI=1S/C19H27F2N3O/c1-11-9-18(2,3)12-7-6-8-14(15(11)12)24-16(25)13(10-23-5)19(4,22)17(20)21/h6-8,10-11,17,23H,9,22H2,1-5H3,(H,24,25)/b13-10-/t11-,19?/m1/s1. The third-order valence-electron chi connectivity index (χ3n) is 4.96. The van der Waals surface area contributed by atoms with Gasteiger partial charge in [0, 0.05) is 18.9 Å². The van der Waals surface area contributed by atoms with E-state index in [4.69, 9.17) is 5.73 Å². The highest BCUT2D eigenvalue weighted by Crippen LogP contribution is 2.48. The number of benzene rings is 1. The summed E-state index contributed by atoms with van der Waals surface area (Å²) in [6.45, 7) is 7.60. The van der Waals surface area contributed by atoms with Crippen molar-refractivity contribution in [3.8, 4) is 0 Å². The third kappa shape index (κ3) is 3.54. The lowest BCUT2D eigenvalue weighted by Gasteiger charge is -2.27. The summed E-state index contributed by atoms with van der Waals surface area (Å²) >= 11 is 0. The fourth-order valence-corrected chi connectivity index (χ4v) is 3.69. The number of carbonyl (C=O) groups is 1. The molecule has 2 rings (SSSR count). The molecule has 0 saturated carbocycles. The van der Waals surface area contributed by atoms with Crippen LogP contribution in [0.5, 0.6) is 0 Å². The number of halogens is 2. The molecule has 0 spiro atoms. The zero-order chi connectivity index (χ0) is 19.0. The lowest BCUT2D eigenvalue weighted by Crippen LogP contribution is -2.49. The second-order valence-electron chi connectivity index (χ2n) is 7.64. The topological polar surface area (TPSA) is 67.2 Å². The summed E-state index contributed by atoms with van der Waals surface area (Å²) in [5.41, 5.74) is 6.41. The zero-order valence-corrected chi connectivity index (χ0v) is 15.4. The first-order valence-corrected chi connectivity index (χ1v) is 8.42. The maximum atomic E-state index is 13.3. The van der Waals surface area contributed by atoms with Gasteiger partial charge in [-0.2, -0.15) is 0 Å². The van der Waals surface area contributed by atoms with Gasteiger partial charge in [0.15, 0.2) is 0 Å². The average Bonchev–Trinajstić information content (AvgIpc) is 2.74. The number of hydrogen-bond donors (Lipinski definition) is 3. The van der Waals surface area contributed by atoms with Gasteiger partial charge < -0.3 is 16.4 Å². The van der Waals surface area contributed by atoms with Crippen LogP contribution in [0.3, 0.4) is 0 Å². The molecule has 0 heterocycles. The summed E-state index contributed by atoms with van der Waals surface area (Å²) in [6, 6.07) is 5.75. The highest BCUT2D eigenvalue weighted by atomic mass is 19.3. The van der Waals surface area contributed by atoms with E-state index in [1.807, 2.05) is 12.1 Å². The van der Waals surface area contributed by atoms with Crippen LogP contribution in [0.25, 0.3) is 0 Å². The minimum Gasteiger partial charge on any atom is -0.394 e. The predicted octanol–water partition coefficient (Wildman–Crippen LogP) is 3.50. The smallest absolute Gasteiger partial charge is 0.260 e. The van der Waals surface area contributed by atoms with Gasteiger partial charge in [-0.1, -0.05) is 32.9 Å². The molecule has 0 bridgehead atoms. The molecule has 0 radical (unpaired) electrons. The third-order valence-corrected chi connectivity index (χ3v) is 4.96. The zero-order valence-electron chi connectivity index (χ0n) is 15.4. The van der Waals surface area contributed by atoms with Gasteiger partial charge in [-0.3, -0.25) is 4.79 Å². The molecule has 1 aliphatic carbocycles. The molecule has 2 atom stereocenters. The number of rotatable bonds is 5. The minimum absolute atomic E-state index is 0.0183. The van der Waals surface area contributed by atoms with Crippen molar-refractivity contribution in [2.45, 2.75) is 57.4 Å². The lowest BCUT2D eigenvalue weighted by atomic mass is 9.86. The Labute approximate surface area is 147 Å². The highest BCUT2D eigenvalue weighted by molar-refractivity contribution is 6.06. The van der Waals surface area contributed by atoms with Crippen molar-refractivity contribution < 1.29 is 13.6 Å². The van der Waals surface area contributed by atoms with E-state index >= 15 is 0 Å². The predicted molar refractivity (Wildman–Crippen MR) is 96.9 cm³/mol. The molecular formula is C19H27F2N3O. The van der Waals surface area contributed by atoms with Crippen LogP contribution in [0.15, 0.2) is 30.0 Å². The number of anilines is 1. The van der Waals surface area contributed by atoms with Gasteiger partial charge in [0.05, 0.1) is 5.57 Å². The van der Waals surface area contributed by atoms with Crippen LogP contribution in [0.1, 0.15) is 51.2 Å². The lowest BCUT2D eigenvalue weighted by molar-refractivity contribution is -0.114. The van der Waals surface area contributed by atoms with Crippen LogP contribution in [0.2, 0.25) is 0 Å². The van der Waals surface area contributed by atoms with Crippen molar-refractivity contribution in [2.75, 3.05) is 12.4 Å². The molecule has 1 aromatic carbocycles. The molecule has 1 aliphatic rings. The van der Waals surface area contributed by atoms with Crippen LogP contribution in [-0.4, -0.2) is 24.9 Å². The molecule has 1 amide bonds. The summed E-state index contributed by atoms with van der Waals surface area (Å²) in [6.07, 6.45) is -0.657. The van der Waals surface area contributed by atoms with Crippen LogP contribution in [-0.2, 0) is 10.2 Å². The van der Waals surface area contributed by atoms with Gasteiger partial charge in [-0.05, 0) is 41.9 Å². The van der Waals surface area contributed by atoms with E-state index in [1.54, 1.807) is 7.05 Å². The van der Waals surface area contributed by atoms with Crippen LogP contribution >= 0.6 is 0 Å². The van der Waals surface area contributed by atoms with Gasteiger partial charge in [-0.15, -0.1) is 0 Å². The number of hydrogen-bond acceptors (Lipinski definition) is 3. The second kappa shape index (κ2) is 6.75. The Morgan fingerprint density at radius 2 is 2.08 bits per heavy atom. The molecule has 4 N–H and O–H groups in total. The maximum absolute atomic E-state index is 13.3. The summed E-state index contributed by atoms with van der Waals surface area (Å²) in [4.78, 5) is 12.7. The molecule has 0 aromatic heterocycles. The van der Waals surface area contributed by atoms with E-state index in [2.05, 4.69) is 37.5 Å². The SMILES string of the molecule is CN/C=C(/C(=O)Nc1cccc2c1[C@H](C)CC2(C)C)C(C)(N)C(F)F. The van der Waals surface area contributed by atoms with Crippen molar-refractivity contribution in [3.63, 3.8) is 0 Å². The Bertz CT molecular complexity index is 696. The molecule has 1 unspecified atom stereocenters. The molecule has 6 heteroatoms. The summed E-state index contributed by atoms with van der Waals surface area (Å²) in [5, 5.41) is 5.43. The van der Waals surface area contributed by atoms with Gasteiger partial charge in [0.25, 0.3) is 12.3 Å². The molecule has 1 aromatic rings. The molecule has 0 aliphatic heterocycles. The van der Waals surface area contributed by atoms with Crippen molar-refractivity contribution in [3.05, 3.63) is 41.1 Å². The van der Waals surface area contributed by atoms with Gasteiger partial charge in [0.1, 0.15) is 5.54 Å². The monoisotopic (exact) mass is 351 g/mol. The molecule has 0 saturated heterocycles. The van der Waals surface area contributed by atoms with E-state index in [0.29, 0.717) is 5.69 Å². The maximum Gasteiger partial charge on any atom is 0.260 e. The summed E-state index contributed by atoms with van der Waals surface area (Å²) in [7, 11) is 1.54. The highest BCUT2D eigenvalue weighted by Gasteiger charge is 2.40. The Morgan fingerprint density at radius 1 is 1.44 bits per heavy atom. The van der Waals surface area contributed by atoms with E-state index in [1.165, 1.54) is 11.8 Å². The van der Waals surface area contributed by atoms with Gasteiger partial charge in [-0.25, -0.2) is 8.78 Å². The fraction of sp³-hybridized carbons (Fsp3) is 0.526. The number of carbonyl (C=O) groups excluding carboxylic acids is 1. The molecule has 25 heavy (non-hydrogen) atoms. The van der Waals surface area contributed by atoms with Crippen LogP contribution < -0.4 is 16.4 Å². The molecule has 0 fully saturated rings. The summed E-state index contributed by atoms with van der Waals surface area (Å²) < 4.78 is 26.6. The van der Waals surface area contributed by atoms with Crippen molar-refractivity contribution >= 4 is 11.6 Å².